The Labute approximate surface area is 134 Å². The molecular formula is C15H23BrFN3O. The van der Waals surface area contributed by atoms with Crippen LogP contribution >= 0.6 is 15.9 Å². The standard InChI is InChI=1S/C15H23BrFN3O/c1-10(2)20(11(3)4)8-7-18-15(21)19-14-6-5-12(16)9-13(14)17/h5-6,9-11H,7-8H2,1-4H3,(H2,18,19,21). The predicted octanol–water partition coefficient (Wildman–Crippen LogP) is 3.83. The van der Waals surface area contributed by atoms with Gasteiger partial charge in [0.2, 0.25) is 0 Å². The number of hydrogen-bond acceptors (Lipinski definition) is 2. The summed E-state index contributed by atoms with van der Waals surface area (Å²) in [5.74, 6) is -0.467. The second-order valence-electron chi connectivity index (χ2n) is 5.43. The van der Waals surface area contributed by atoms with E-state index in [0.717, 1.165) is 6.54 Å². The average Bonchev–Trinajstić information content (AvgIpc) is 2.37. The molecule has 1 rings (SSSR count). The van der Waals surface area contributed by atoms with Gasteiger partial charge < -0.3 is 10.6 Å². The third-order valence-electron chi connectivity index (χ3n) is 3.16. The summed E-state index contributed by atoms with van der Waals surface area (Å²) < 4.78 is 14.2. The normalized spacial score (nSPS) is 11.3. The minimum Gasteiger partial charge on any atom is -0.337 e. The highest BCUT2D eigenvalue weighted by Gasteiger charge is 2.13. The molecule has 2 N–H and O–H groups in total. The van der Waals surface area contributed by atoms with Crippen LogP contribution in [0.3, 0.4) is 0 Å². The molecule has 0 unspecified atom stereocenters. The smallest absolute Gasteiger partial charge is 0.319 e. The van der Waals surface area contributed by atoms with Crippen molar-refractivity contribution in [2.75, 3.05) is 18.4 Å². The lowest BCUT2D eigenvalue weighted by atomic mass is 10.2. The summed E-state index contributed by atoms with van der Waals surface area (Å²) in [5, 5.41) is 5.25. The first kappa shape index (κ1) is 17.9. The molecule has 0 atom stereocenters. The molecule has 0 aliphatic carbocycles. The van der Waals surface area contributed by atoms with Gasteiger partial charge in [-0.3, -0.25) is 4.90 Å². The summed E-state index contributed by atoms with van der Waals surface area (Å²) >= 11 is 3.17. The Balaban J connectivity index is 2.44. The van der Waals surface area contributed by atoms with Gasteiger partial charge in [0.15, 0.2) is 0 Å². The highest BCUT2D eigenvalue weighted by molar-refractivity contribution is 9.10. The summed E-state index contributed by atoms with van der Waals surface area (Å²) in [7, 11) is 0. The molecule has 0 bridgehead atoms. The second-order valence-corrected chi connectivity index (χ2v) is 6.35. The fourth-order valence-corrected chi connectivity index (χ4v) is 2.50. The van der Waals surface area contributed by atoms with Gasteiger partial charge in [-0.2, -0.15) is 0 Å². The SMILES string of the molecule is CC(C)N(CCNC(=O)Nc1ccc(Br)cc1F)C(C)C. The molecule has 0 aromatic heterocycles. The van der Waals surface area contributed by atoms with Crippen LogP contribution in [0.15, 0.2) is 22.7 Å². The Bertz CT molecular complexity index is 472. The van der Waals surface area contributed by atoms with E-state index in [9.17, 15) is 9.18 Å². The van der Waals surface area contributed by atoms with Crippen LogP contribution in [0.5, 0.6) is 0 Å². The Morgan fingerprint density at radius 2 is 1.90 bits per heavy atom. The van der Waals surface area contributed by atoms with Crippen LogP contribution in [-0.4, -0.2) is 36.1 Å². The van der Waals surface area contributed by atoms with Crippen molar-refractivity contribution in [2.45, 2.75) is 39.8 Å². The molecule has 0 heterocycles. The molecule has 1 aromatic rings. The van der Waals surface area contributed by atoms with Crippen LogP contribution in [0.1, 0.15) is 27.7 Å². The van der Waals surface area contributed by atoms with E-state index in [1.807, 2.05) is 0 Å². The summed E-state index contributed by atoms with van der Waals surface area (Å²) in [6, 6.07) is 4.95. The molecule has 0 saturated carbocycles. The molecule has 21 heavy (non-hydrogen) atoms. The zero-order chi connectivity index (χ0) is 16.0. The van der Waals surface area contributed by atoms with Crippen LogP contribution in [0.2, 0.25) is 0 Å². The van der Waals surface area contributed by atoms with Gasteiger partial charge in [0, 0.05) is 29.6 Å². The number of nitrogens with zero attached hydrogens (tertiary/aromatic N) is 1. The highest BCUT2D eigenvalue weighted by Crippen LogP contribution is 2.19. The van der Waals surface area contributed by atoms with E-state index in [1.165, 1.54) is 12.1 Å². The molecule has 2 amide bonds. The van der Waals surface area contributed by atoms with Crippen molar-refractivity contribution in [3.8, 4) is 0 Å². The Morgan fingerprint density at radius 3 is 2.43 bits per heavy atom. The number of benzene rings is 1. The average molecular weight is 360 g/mol. The van der Waals surface area contributed by atoms with Crippen molar-refractivity contribution in [1.82, 2.24) is 10.2 Å². The van der Waals surface area contributed by atoms with Crippen molar-refractivity contribution in [3.63, 3.8) is 0 Å². The second kappa shape index (κ2) is 8.34. The van der Waals surface area contributed by atoms with Gasteiger partial charge in [0.25, 0.3) is 0 Å². The maximum absolute atomic E-state index is 13.6. The Kier molecular flexibility index (Phi) is 7.11. The minimum absolute atomic E-state index is 0.167. The van der Waals surface area contributed by atoms with E-state index in [0.29, 0.717) is 23.1 Å². The summed E-state index contributed by atoms with van der Waals surface area (Å²) in [5.41, 5.74) is 0.167. The number of amides is 2. The zero-order valence-corrected chi connectivity index (χ0v) is 14.5. The molecule has 0 spiro atoms. The lowest BCUT2D eigenvalue weighted by Gasteiger charge is -2.30. The molecule has 0 radical (unpaired) electrons. The third-order valence-corrected chi connectivity index (χ3v) is 3.65. The lowest BCUT2D eigenvalue weighted by molar-refractivity contribution is 0.176. The maximum atomic E-state index is 13.6. The number of halogens is 2. The number of nitrogens with one attached hydrogen (secondary N) is 2. The number of hydrogen-bond donors (Lipinski definition) is 2. The maximum Gasteiger partial charge on any atom is 0.319 e. The van der Waals surface area contributed by atoms with E-state index in [2.05, 4.69) is 59.2 Å². The van der Waals surface area contributed by atoms with Crippen molar-refractivity contribution in [1.29, 1.82) is 0 Å². The van der Waals surface area contributed by atoms with Gasteiger partial charge in [-0.15, -0.1) is 0 Å². The topological polar surface area (TPSA) is 44.4 Å². The Morgan fingerprint density at radius 1 is 1.29 bits per heavy atom. The summed E-state index contributed by atoms with van der Waals surface area (Å²) in [6.07, 6.45) is 0. The van der Waals surface area contributed by atoms with E-state index < -0.39 is 11.8 Å². The van der Waals surface area contributed by atoms with E-state index >= 15 is 0 Å². The van der Waals surface area contributed by atoms with Gasteiger partial charge >= 0.3 is 6.03 Å². The minimum atomic E-state index is -0.467. The van der Waals surface area contributed by atoms with Gasteiger partial charge in [0.05, 0.1) is 5.69 Å². The molecule has 118 valence electrons. The van der Waals surface area contributed by atoms with Crippen LogP contribution in [0.25, 0.3) is 0 Å². The number of rotatable bonds is 6. The number of anilines is 1. The molecule has 4 nitrogen and oxygen atoms in total. The molecule has 0 fully saturated rings. The van der Waals surface area contributed by atoms with Gasteiger partial charge in [-0.25, -0.2) is 9.18 Å². The molecule has 1 aromatic carbocycles. The summed E-state index contributed by atoms with van der Waals surface area (Å²) in [4.78, 5) is 14.0. The van der Waals surface area contributed by atoms with Crippen LogP contribution < -0.4 is 10.6 Å². The van der Waals surface area contributed by atoms with E-state index in [1.54, 1.807) is 6.07 Å². The molecular weight excluding hydrogens is 337 g/mol. The van der Waals surface area contributed by atoms with Crippen molar-refractivity contribution in [2.24, 2.45) is 0 Å². The van der Waals surface area contributed by atoms with Crippen LogP contribution in [-0.2, 0) is 0 Å². The van der Waals surface area contributed by atoms with E-state index in [-0.39, 0.29) is 5.69 Å². The third kappa shape index (κ3) is 6.01. The highest BCUT2D eigenvalue weighted by atomic mass is 79.9. The largest absolute Gasteiger partial charge is 0.337 e. The lowest BCUT2D eigenvalue weighted by Crippen LogP contribution is -2.43. The quantitative estimate of drug-likeness (QED) is 0.810. The van der Waals surface area contributed by atoms with E-state index in [4.69, 9.17) is 0 Å². The van der Waals surface area contributed by atoms with Gasteiger partial charge in [-0.1, -0.05) is 15.9 Å². The summed E-state index contributed by atoms with van der Waals surface area (Å²) in [6.45, 7) is 9.76. The van der Waals surface area contributed by atoms with Gasteiger partial charge in [-0.05, 0) is 45.9 Å². The first-order valence-corrected chi connectivity index (χ1v) is 7.86. The predicted molar refractivity (Wildman–Crippen MR) is 88.1 cm³/mol. The number of urea groups is 1. The Hall–Kier alpha value is -1.14. The van der Waals surface area contributed by atoms with Gasteiger partial charge in [0.1, 0.15) is 5.82 Å². The molecule has 0 saturated heterocycles. The van der Waals surface area contributed by atoms with Crippen molar-refractivity contribution < 1.29 is 9.18 Å². The zero-order valence-electron chi connectivity index (χ0n) is 12.9. The van der Waals surface area contributed by atoms with Crippen molar-refractivity contribution >= 4 is 27.6 Å². The monoisotopic (exact) mass is 359 g/mol. The van der Waals surface area contributed by atoms with Crippen LogP contribution in [0, 0.1) is 5.82 Å². The molecule has 0 aliphatic rings. The van der Waals surface area contributed by atoms with Crippen molar-refractivity contribution in [3.05, 3.63) is 28.5 Å². The van der Waals surface area contributed by atoms with Crippen LogP contribution in [0.4, 0.5) is 14.9 Å². The number of carbonyl (C=O) groups excluding carboxylic acids is 1. The number of carbonyl (C=O) groups is 1. The fourth-order valence-electron chi connectivity index (χ4n) is 2.17. The first-order chi connectivity index (χ1) is 9.81. The first-order valence-electron chi connectivity index (χ1n) is 7.07. The fraction of sp³-hybridized carbons (Fsp3) is 0.533. The molecule has 0 aliphatic heterocycles. The molecule has 6 heteroatoms.